The Bertz CT molecular complexity index is 1010. The molecule has 0 aromatic carbocycles. The maximum atomic E-state index is 12.9. The Kier molecular flexibility index (Phi) is 3.51. The van der Waals surface area contributed by atoms with E-state index in [2.05, 4.69) is 25.5 Å². The van der Waals surface area contributed by atoms with E-state index in [9.17, 15) is 8.42 Å². The number of hydrogen-bond donors (Lipinski definition) is 1. The molecule has 0 radical (unpaired) electrons. The second kappa shape index (κ2) is 5.49. The molecule has 4 rings (SSSR count). The fourth-order valence-electron chi connectivity index (χ4n) is 3.02. The number of nitrogens with one attached hydrogen (secondary N) is 1. The van der Waals surface area contributed by atoms with Gasteiger partial charge in [0.2, 0.25) is 10.0 Å². The van der Waals surface area contributed by atoms with Crippen LogP contribution in [-0.4, -0.2) is 68.9 Å². The molecular formula is C14H18N8O2S. The molecule has 0 aliphatic carbocycles. The Balaban J connectivity index is 1.51. The second-order valence-electron chi connectivity index (χ2n) is 6.17. The zero-order chi connectivity index (χ0) is 17.8. The number of H-pyrrole nitrogens is 1. The molecule has 0 bridgehead atoms. The maximum Gasteiger partial charge on any atom is 0.246 e. The number of likely N-dealkylation sites (N-methyl/N-ethyl adjacent to an activating group) is 1. The zero-order valence-corrected chi connectivity index (χ0v) is 14.9. The topological polar surface area (TPSA) is 112 Å². The Morgan fingerprint density at radius 3 is 2.72 bits per heavy atom. The van der Waals surface area contributed by atoms with Crippen LogP contribution >= 0.6 is 0 Å². The van der Waals surface area contributed by atoms with E-state index in [0.29, 0.717) is 30.1 Å². The average molecular weight is 362 g/mol. The van der Waals surface area contributed by atoms with Crippen LogP contribution in [0.4, 0.5) is 5.82 Å². The van der Waals surface area contributed by atoms with E-state index in [0.717, 1.165) is 5.82 Å². The highest BCUT2D eigenvalue weighted by atomic mass is 32.2. The highest BCUT2D eigenvalue weighted by Gasteiger charge is 2.39. The highest BCUT2D eigenvalue weighted by molar-refractivity contribution is 7.89. The molecule has 4 heterocycles. The highest BCUT2D eigenvalue weighted by Crippen LogP contribution is 2.27. The van der Waals surface area contributed by atoms with Crippen LogP contribution in [-0.2, 0) is 10.0 Å². The van der Waals surface area contributed by atoms with Crippen molar-refractivity contribution >= 4 is 21.5 Å². The molecule has 0 amide bonds. The molecular weight excluding hydrogens is 344 g/mol. The number of aryl methyl sites for hydroxylation is 2. The molecule has 11 heteroatoms. The minimum Gasteiger partial charge on any atom is -0.352 e. The molecule has 1 saturated heterocycles. The van der Waals surface area contributed by atoms with Crippen molar-refractivity contribution in [1.82, 2.24) is 34.3 Å². The fourth-order valence-corrected chi connectivity index (χ4v) is 4.69. The molecule has 3 aromatic heterocycles. The summed E-state index contributed by atoms with van der Waals surface area (Å²) in [6.07, 6.45) is 1.54. The lowest BCUT2D eigenvalue weighted by Crippen LogP contribution is -2.60. The van der Waals surface area contributed by atoms with Gasteiger partial charge in [-0.3, -0.25) is 5.10 Å². The molecule has 3 aromatic rings. The van der Waals surface area contributed by atoms with Gasteiger partial charge in [0.25, 0.3) is 0 Å². The van der Waals surface area contributed by atoms with Crippen molar-refractivity contribution in [3.05, 3.63) is 29.8 Å². The van der Waals surface area contributed by atoms with Crippen LogP contribution in [0.25, 0.3) is 5.65 Å². The quantitative estimate of drug-likeness (QED) is 0.694. The molecule has 132 valence electrons. The molecule has 1 aliphatic heterocycles. The monoisotopic (exact) mass is 362 g/mol. The van der Waals surface area contributed by atoms with Gasteiger partial charge in [-0.05, 0) is 26.0 Å². The smallest absolute Gasteiger partial charge is 0.246 e. The number of hydrogen-bond acceptors (Lipinski definition) is 7. The van der Waals surface area contributed by atoms with Gasteiger partial charge in [-0.2, -0.15) is 13.9 Å². The normalized spacial score (nSPS) is 15.9. The second-order valence-corrected chi connectivity index (χ2v) is 8.10. The largest absolute Gasteiger partial charge is 0.352 e. The van der Waals surface area contributed by atoms with Gasteiger partial charge in [0.15, 0.2) is 5.65 Å². The Morgan fingerprint density at radius 1 is 1.28 bits per heavy atom. The van der Waals surface area contributed by atoms with Gasteiger partial charge < -0.3 is 4.90 Å². The summed E-state index contributed by atoms with van der Waals surface area (Å²) in [5, 5.41) is 18.9. The number of aromatic nitrogens is 6. The van der Waals surface area contributed by atoms with Gasteiger partial charge in [0, 0.05) is 20.1 Å². The average Bonchev–Trinajstić information content (AvgIpc) is 3.11. The lowest BCUT2D eigenvalue weighted by molar-refractivity contribution is 0.308. The third-order valence-electron chi connectivity index (χ3n) is 4.55. The van der Waals surface area contributed by atoms with Crippen LogP contribution in [0.3, 0.4) is 0 Å². The first-order valence-electron chi connectivity index (χ1n) is 7.79. The number of fused-ring (bicyclic) bond motifs is 1. The third kappa shape index (κ3) is 2.46. The minimum absolute atomic E-state index is 0.114. The standard InChI is InChI=1S/C14H18N8O2S/c1-9-14(10(2)17-16-9)25(23,24)20(3)11-6-21(7-11)13-5-4-12-18-15-8-22(12)19-13/h4-5,8,11H,6-7H2,1-3H3,(H,16,17). The molecule has 1 N–H and O–H groups in total. The number of sulfonamides is 1. The predicted molar refractivity (Wildman–Crippen MR) is 89.8 cm³/mol. The van der Waals surface area contributed by atoms with Crippen LogP contribution in [0.2, 0.25) is 0 Å². The van der Waals surface area contributed by atoms with Gasteiger partial charge in [0.05, 0.1) is 17.4 Å². The third-order valence-corrected chi connectivity index (χ3v) is 6.72. The molecule has 25 heavy (non-hydrogen) atoms. The number of anilines is 1. The molecule has 1 aliphatic rings. The number of rotatable bonds is 4. The molecule has 1 fully saturated rings. The van der Waals surface area contributed by atoms with E-state index in [1.54, 1.807) is 25.4 Å². The summed E-state index contributed by atoms with van der Waals surface area (Å²) >= 11 is 0. The van der Waals surface area contributed by atoms with Crippen molar-refractivity contribution < 1.29 is 8.42 Å². The SMILES string of the molecule is Cc1n[nH]c(C)c1S(=O)(=O)N(C)C1CN(c2ccc3nncn3n2)C1. The molecule has 0 atom stereocenters. The number of nitrogens with zero attached hydrogens (tertiary/aromatic N) is 7. The van der Waals surface area contributed by atoms with Crippen molar-refractivity contribution in [2.45, 2.75) is 24.8 Å². The minimum atomic E-state index is -3.58. The zero-order valence-electron chi connectivity index (χ0n) is 14.1. The van der Waals surface area contributed by atoms with E-state index in [1.165, 1.54) is 10.6 Å². The number of aromatic amines is 1. The maximum absolute atomic E-state index is 12.9. The van der Waals surface area contributed by atoms with E-state index in [4.69, 9.17) is 0 Å². The van der Waals surface area contributed by atoms with Crippen molar-refractivity contribution in [3.8, 4) is 0 Å². The first-order valence-corrected chi connectivity index (χ1v) is 9.23. The van der Waals surface area contributed by atoms with Gasteiger partial charge >= 0.3 is 0 Å². The summed E-state index contributed by atoms with van der Waals surface area (Å²) in [6, 6.07) is 3.58. The summed E-state index contributed by atoms with van der Waals surface area (Å²) in [5.41, 5.74) is 1.71. The van der Waals surface area contributed by atoms with Crippen LogP contribution in [0, 0.1) is 13.8 Å². The van der Waals surface area contributed by atoms with E-state index < -0.39 is 10.0 Å². The van der Waals surface area contributed by atoms with E-state index in [-0.39, 0.29) is 10.9 Å². The fraction of sp³-hybridized carbons (Fsp3) is 0.429. The summed E-state index contributed by atoms with van der Waals surface area (Å²) in [7, 11) is -1.97. The first-order chi connectivity index (χ1) is 11.9. The summed E-state index contributed by atoms with van der Waals surface area (Å²) < 4.78 is 28.7. The predicted octanol–water partition coefficient (Wildman–Crippen LogP) is -0.0265. The summed E-state index contributed by atoms with van der Waals surface area (Å²) in [5.74, 6) is 0.769. The van der Waals surface area contributed by atoms with Gasteiger partial charge in [-0.1, -0.05) is 0 Å². The van der Waals surface area contributed by atoms with Gasteiger partial charge in [-0.15, -0.1) is 15.3 Å². The molecule has 0 spiro atoms. The van der Waals surface area contributed by atoms with Crippen LogP contribution in [0.5, 0.6) is 0 Å². The molecule has 0 unspecified atom stereocenters. The lowest BCUT2D eigenvalue weighted by atomic mass is 10.1. The van der Waals surface area contributed by atoms with Gasteiger partial charge in [0.1, 0.15) is 17.0 Å². The molecule has 0 saturated carbocycles. The van der Waals surface area contributed by atoms with Crippen molar-refractivity contribution in [2.75, 3.05) is 25.0 Å². The summed E-state index contributed by atoms with van der Waals surface area (Å²) in [4.78, 5) is 2.28. The van der Waals surface area contributed by atoms with E-state index in [1.807, 2.05) is 17.0 Å². The van der Waals surface area contributed by atoms with Crippen molar-refractivity contribution in [2.24, 2.45) is 0 Å². The van der Waals surface area contributed by atoms with E-state index >= 15 is 0 Å². The van der Waals surface area contributed by atoms with Crippen LogP contribution in [0.15, 0.2) is 23.4 Å². The Labute approximate surface area is 144 Å². The van der Waals surface area contributed by atoms with Crippen molar-refractivity contribution in [1.29, 1.82) is 0 Å². The summed E-state index contributed by atoms with van der Waals surface area (Å²) in [6.45, 7) is 4.56. The Morgan fingerprint density at radius 2 is 2.04 bits per heavy atom. The van der Waals surface area contributed by atoms with Gasteiger partial charge in [-0.25, -0.2) is 8.42 Å². The van der Waals surface area contributed by atoms with Crippen LogP contribution < -0.4 is 4.90 Å². The lowest BCUT2D eigenvalue weighted by Gasteiger charge is -2.43. The van der Waals surface area contributed by atoms with Crippen molar-refractivity contribution in [3.63, 3.8) is 0 Å². The first kappa shape index (κ1) is 16.0. The molecule has 10 nitrogen and oxygen atoms in total. The van der Waals surface area contributed by atoms with Crippen LogP contribution in [0.1, 0.15) is 11.4 Å². The Hall–Kier alpha value is -2.53.